The smallest absolute Gasteiger partial charge is 0.155 e. The molecule has 1 fully saturated rings. The standard InChI is InChI=1S/C15H24O2/c1-10-5-6-11-9-12(16)7-8-13(11)14(10)17-15(2,3)4/h9-10,13-14H,5-8H2,1-4H3/t10?,13?,14-/m1/s1. The highest BCUT2D eigenvalue weighted by Gasteiger charge is 2.38. The maximum absolute atomic E-state index is 11.5. The molecule has 2 rings (SSSR count). The van der Waals surface area contributed by atoms with Gasteiger partial charge in [-0.15, -0.1) is 0 Å². The fourth-order valence-corrected chi connectivity index (χ4v) is 3.06. The van der Waals surface area contributed by atoms with Gasteiger partial charge < -0.3 is 4.74 Å². The lowest BCUT2D eigenvalue weighted by atomic mass is 9.71. The second-order valence-electron chi connectivity index (χ2n) is 6.54. The lowest BCUT2D eigenvalue weighted by Gasteiger charge is -2.42. The van der Waals surface area contributed by atoms with Crippen molar-refractivity contribution in [1.29, 1.82) is 0 Å². The summed E-state index contributed by atoms with van der Waals surface area (Å²) in [6.07, 6.45) is 6.10. The van der Waals surface area contributed by atoms with Crippen molar-refractivity contribution in [2.45, 2.75) is 65.1 Å². The van der Waals surface area contributed by atoms with Crippen molar-refractivity contribution in [2.24, 2.45) is 11.8 Å². The summed E-state index contributed by atoms with van der Waals surface area (Å²) in [6.45, 7) is 8.63. The third-order valence-corrected chi connectivity index (χ3v) is 3.86. The van der Waals surface area contributed by atoms with Crippen LogP contribution in [0.5, 0.6) is 0 Å². The number of hydrogen-bond acceptors (Lipinski definition) is 2. The highest BCUT2D eigenvalue weighted by molar-refractivity contribution is 5.91. The molecule has 2 nitrogen and oxygen atoms in total. The van der Waals surface area contributed by atoms with E-state index >= 15 is 0 Å². The Bertz CT molecular complexity index is 335. The average Bonchev–Trinajstić information content (AvgIpc) is 2.21. The van der Waals surface area contributed by atoms with Gasteiger partial charge in [0.05, 0.1) is 11.7 Å². The predicted octanol–water partition coefficient (Wildman–Crippen LogP) is 3.51. The van der Waals surface area contributed by atoms with Crippen molar-refractivity contribution in [3.8, 4) is 0 Å². The molecule has 0 spiro atoms. The number of carbonyl (C=O) groups excluding carboxylic acids is 1. The van der Waals surface area contributed by atoms with Crippen molar-refractivity contribution >= 4 is 5.78 Å². The number of ether oxygens (including phenoxy) is 1. The molecule has 0 bridgehead atoms. The lowest BCUT2D eigenvalue weighted by molar-refractivity contribution is -0.122. The van der Waals surface area contributed by atoms with Gasteiger partial charge in [0.1, 0.15) is 0 Å². The number of allylic oxidation sites excluding steroid dienone is 1. The van der Waals surface area contributed by atoms with Crippen LogP contribution in [0.1, 0.15) is 53.4 Å². The molecule has 0 aromatic rings. The maximum atomic E-state index is 11.5. The van der Waals surface area contributed by atoms with Gasteiger partial charge in [0.15, 0.2) is 5.78 Å². The molecule has 0 saturated heterocycles. The maximum Gasteiger partial charge on any atom is 0.155 e. The summed E-state index contributed by atoms with van der Waals surface area (Å²) < 4.78 is 6.24. The van der Waals surface area contributed by atoms with Gasteiger partial charge in [-0.1, -0.05) is 12.5 Å². The summed E-state index contributed by atoms with van der Waals surface area (Å²) in [5.41, 5.74) is 1.25. The zero-order valence-electron chi connectivity index (χ0n) is 11.5. The van der Waals surface area contributed by atoms with E-state index in [0.717, 1.165) is 19.3 Å². The monoisotopic (exact) mass is 236 g/mol. The van der Waals surface area contributed by atoms with Gasteiger partial charge in [-0.25, -0.2) is 0 Å². The third kappa shape index (κ3) is 2.98. The van der Waals surface area contributed by atoms with Crippen molar-refractivity contribution in [3.63, 3.8) is 0 Å². The Hall–Kier alpha value is -0.630. The van der Waals surface area contributed by atoms with E-state index in [2.05, 4.69) is 27.7 Å². The van der Waals surface area contributed by atoms with E-state index in [4.69, 9.17) is 4.74 Å². The molecule has 0 aromatic carbocycles. The Morgan fingerprint density at radius 3 is 2.59 bits per heavy atom. The topological polar surface area (TPSA) is 26.3 Å². The van der Waals surface area contributed by atoms with Gasteiger partial charge in [0, 0.05) is 12.3 Å². The van der Waals surface area contributed by atoms with Crippen LogP contribution in [0, 0.1) is 11.8 Å². The summed E-state index contributed by atoms with van der Waals surface area (Å²) in [4.78, 5) is 11.5. The summed E-state index contributed by atoms with van der Waals surface area (Å²) in [5, 5.41) is 0. The molecule has 0 heterocycles. The summed E-state index contributed by atoms with van der Waals surface area (Å²) in [6, 6.07) is 0. The second-order valence-corrected chi connectivity index (χ2v) is 6.54. The molecule has 0 radical (unpaired) electrons. The molecule has 3 atom stereocenters. The highest BCUT2D eigenvalue weighted by Crippen LogP contribution is 2.41. The van der Waals surface area contributed by atoms with Gasteiger partial charge >= 0.3 is 0 Å². The minimum Gasteiger partial charge on any atom is -0.372 e. The molecule has 0 amide bonds. The largest absolute Gasteiger partial charge is 0.372 e. The molecule has 0 N–H and O–H groups in total. The summed E-state index contributed by atoms with van der Waals surface area (Å²) in [7, 11) is 0. The third-order valence-electron chi connectivity index (χ3n) is 3.86. The molecule has 0 aliphatic heterocycles. The van der Waals surface area contributed by atoms with Crippen LogP contribution in [0.25, 0.3) is 0 Å². The van der Waals surface area contributed by atoms with E-state index in [1.807, 2.05) is 6.08 Å². The van der Waals surface area contributed by atoms with Crippen LogP contribution in [0.4, 0.5) is 0 Å². The first-order valence-corrected chi connectivity index (χ1v) is 6.78. The van der Waals surface area contributed by atoms with Gasteiger partial charge in [-0.2, -0.15) is 0 Å². The average molecular weight is 236 g/mol. The fourth-order valence-electron chi connectivity index (χ4n) is 3.06. The Morgan fingerprint density at radius 2 is 1.94 bits per heavy atom. The zero-order chi connectivity index (χ0) is 12.6. The van der Waals surface area contributed by atoms with Gasteiger partial charge in [-0.3, -0.25) is 4.79 Å². The van der Waals surface area contributed by atoms with Crippen molar-refractivity contribution in [1.82, 2.24) is 0 Å². The molecule has 2 aliphatic rings. The van der Waals surface area contributed by atoms with Crippen LogP contribution in [0.15, 0.2) is 11.6 Å². The van der Waals surface area contributed by atoms with E-state index in [1.54, 1.807) is 0 Å². The molecular formula is C15H24O2. The number of rotatable bonds is 1. The molecule has 17 heavy (non-hydrogen) atoms. The Labute approximate surface area is 104 Å². The Morgan fingerprint density at radius 1 is 1.24 bits per heavy atom. The van der Waals surface area contributed by atoms with E-state index < -0.39 is 0 Å². The first kappa shape index (κ1) is 12.8. The van der Waals surface area contributed by atoms with Crippen molar-refractivity contribution in [3.05, 3.63) is 11.6 Å². The van der Waals surface area contributed by atoms with Crippen LogP contribution < -0.4 is 0 Å². The number of hydrogen-bond donors (Lipinski definition) is 0. The lowest BCUT2D eigenvalue weighted by Crippen LogP contribution is -2.42. The Kier molecular flexibility index (Phi) is 3.44. The van der Waals surface area contributed by atoms with Crippen LogP contribution >= 0.6 is 0 Å². The van der Waals surface area contributed by atoms with Crippen LogP contribution in [-0.2, 0) is 9.53 Å². The minimum atomic E-state index is -0.0944. The van der Waals surface area contributed by atoms with Crippen LogP contribution in [-0.4, -0.2) is 17.5 Å². The van der Waals surface area contributed by atoms with E-state index in [0.29, 0.717) is 30.1 Å². The second kappa shape index (κ2) is 4.56. The fraction of sp³-hybridized carbons (Fsp3) is 0.800. The van der Waals surface area contributed by atoms with Crippen LogP contribution in [0.2, 0.25) is 0 Å². The number of ketones is 1. The normalized spacial score (nSPS) is 34.2. The van der Waals surface area contributed by atoms with E-state index in [1.165, 1.54) is 5.57 Å². The quantitative estimate of drug-likeness (QED) is 0.696. The molecule has 2 heteroatoms. The van der Waals surface area contributed by atoms with E-state index in [9.17, 15) is 4.79 Å². The Balaban J connectivity index is 2.18. The summed E-state index contributed by atoms with van der Waals surface area (Å²) in [5.74, 6) is 1.39. The number of fused-ring (bicyclic) bond motifs is 1. The molecule has 96 valence electrons. The first-order valence-electron chi connectivity index (χ1n) is 6.78. The van der Waals surface area contributed by atoms with Crippen molar-refractivity contribution in [2.75, 3.05) is 0 Å². The number of carbonyl (C=O) groups is 1. The highest BCUT2D eigenvalue weighted by atomic mass is 16.5. The van der Waals surface area contributed by atoms with Gasteiger partial charge in [0.2, 0.25) is 0 Å². The zero-order valence-corrected chi connectivity index (χ0v) is 11.5. The van der Waals surface area contributed by atoms with Gasteiger partial charge in [0.25, 0.3) is 0 Å². The molecular weight excluding hydrogens is 212 g/mol. The van der Waals surface area contributed by atoms with Gasteiger partial charge in [-0.05, 0) is 52.0 Å². The van der Waals surface area contributed by atoms with Crippen molar-refractivity contribution < 1.29 is 9.53 Å². The molecule has 2 unspecified atom stereocenters. The van der Waals surface area contributed by atoms with Crippen LogP contribution in [0.3, 0.4) is 0 Å². The SMILES string of the molecule is CC1CCC2=CC(=O)CCC2[C@@H]1OC(C)(C)C. The molecule has 0 aromatic heterocycles. The molecule has 1 saturated carbocycles. The minimum absolute atomic E-state index is 0.0944. The predicted molar refractivity (Wildman–Crippen MR) is 68.8 cm³/mol. The molecule has 2 aliphatic carbocycles. The summed E-state index contributed by atoms with van der Waals surface area (Å²) >= 11 is 0. The van der Waals surface area contributed by atoms with E-state index in [-0.39, 0.29) is 5.60 Å². The first-order chi connectivity index (χ1) is 7.87.